The van der Waals surface area contributed by atoms with Gasteiger partial charge in [0.2, 0.25) is 17.5 Å². The number of nitrogens with one attached hydrogen (secondary N) is 2. The Morgan fingerprint density at radius 1 is 0.347 bits per heavy atom. The second kappa shape index (κ2) is 17.7. The molecule has 2 N–H and O–H groups in total. The summed E-state index contributed by atoms with van der Waals surface area (Å²) in [6.45, 7) is 0. The van der Waals surface area contributed by atoms with Crippen LogP contribution >= 0.6 is 23.5 Å². The molecule has 1 aliphatic carbocycles. The number of aromatic nitrogens is 4. The van der Waals surface area contributed by atoms with E-state index in [-0.39, 0.29) is 21.2 Å². The molecule has 4 aliphatic rings. The SMILES string of the molecule is Fc1c(F)c(F)c(-c2c3nc(c(-c4c(F)c(F)c(F)c(F)c4F)c4ccc([nH]4)c(-c4cccc5c4=c4c(C6SCCCS6)cccc4=5)c4ccc([nH]4)c(-c4c(F)c(F)c(F)c(F)c4F)c4nc2C=C4)C=C3)c(F)c1F. The van der Waals surface area contributed by atoms with Gasteiger partial charge in [0.05, 0.1) is 44.0 Å². The van der Waals surface area contributed by atoms with Crippen LogP contribution in [0.3, 0.4) is 0 Å². The summed E-state index contributed by atoms with van der Waals surface area (Å²) in [5.41, 5.74) is -10.1. The van der Waals surface area contributed by atoms with Gasteiger partial charge in [-0.2, -0.15) is 0 Å². The molecule has 0 radical (unpaired) electrons. The molecule has 0 saturated carbocycles. The molecule has 4 nitrogen and oxygen atoms in total. The number of nitrogens with zero attached hydrogens (tertiary/aromatic N) is 2. The molecule has 8 aromatic rings. The third kappa shape index (κ3) is 7.13. The second-order valence-corrected chi connectivity index (χ2v) is 20.0. The number of thioether (sulfide) groups is 2. The maximum Gasteiger partial charge on any atom is 0.200 e. The minimum absolute atomic E-state index is 0.00118. The van der Waals surface area contributed by atoms with Gasteiger partial charge in [0.1, 0.15) is 0 Å². The highest BCUT2D eigenvalue weighted by molar-refractivity contribution is 8.16. The topological polar surface area (TPSA) is 57.4 Å². The van der Waals surface area contributed by atoms with Gasteiger partial charge in [0, 0.05) is 44.3 Å². The first-order valence-electron chi connectivity index (χ1n) is 22.2. The molecule has 1 saturated heterocycles. The van der Waals surface area contributed by atoms with Gasteiger partial charge < -0.3 is 9.97 Å². The molecule has 5 aromatic carbocycles. The van der Waals surface area contributed by atoms with Crippen LogP contribution in [0.15, 0.2) is 60.7 Å². The van der Waals surface area contributed by atoms with Crippen LogP contribution in [0.2, 0.25) is 0 Å². The predicted octanol–water partition coefficient (Wildman–Crippen LogP) is 16.2. The van der Waals surface area contributed by atoms with E-state index in [0.29, 0.717) is 10.8 Å². The highest BCUT2D eigenvalue weighted by Gasteiger charge is 2.35. The first-order valence-corrected chi connectivity index (χ1v) is 24.3. The molecule has 3 aliphatic heterocycles. The lowest BCUT2D eigenvalue weighted by atomic mass is 9.91. The maximum atomic E-state index is 16.2. The maximum absolute atomic E-state index is 16.2. The fourth-order valence-electron chi connectivity index (χ4n) is 9.88. The van der Waals surface area contributed by atoms with Gasteiger partial charge in [-0.25, -0.2) is 75.8 Å². The molecule has 1 fully saturated rings. The molecule has 75 heavy (non-hydrogen) atoms. The first-order chi connectivity index (χ1) is 36.0. The van der Waals surface area contributed by atoms with E-state index in [9.17, 15) is 13.2 Å². The Morgan fingerprint density at radius 3 is 1.09 bits per heavy atom. The van der Waals surface area contributed by atoms with Crippen molar-refractivity contribution in [3.05, 3.63) is 197 Å². The molecule has 0 unspecified atom stereocenters. The summed E-state index contributed by atoms with van der Waals surface area (Å²) in [5.74, 6) is -34.9. The largest absolute Gasteiger partial charge is 0.354 e. The number of benzene rings is 5. The lowest BCUT2D eigenvalue weighted by molar-refractivity contribution is 0.381. The second-order valence-electron chi connectivity index (χ2n) is 17.3. The lowest BCUT2D eigenvalue weighted by Crippen LogP contribution is -2.06. The zero-order valence-corrected chi connectivity index (χ0v) is 38.8. The molecular formula is C54H23F15N4S2. The smallest absolute Gasteiger partial charge is 0.200 e. The highest BCUT2D eigenvalue weighted by Crippen LogP contribution is 2.47. The number of fused-ring (bicyclic) bond motifs is 10. The normalized spacial score (nSPS) is 13.9. The molecule has 12 rings (SSSR count). The van der Waals surface area contributed by atoms with Gasteiger partial charge in [0.15, 0.2) is 69.8 Å². The quantitative estimate of drug-likeness (QED) is 0.102. The van der Waals surface area contributed by atoms with Crippen LogP contribution < -0.4 is 0 Å². The zero-order valence-electron chi connectivity index (χ0n) is 37.2. The summed E-state index contributed by atoms with van der Waals surface area (Å²) >= 11 is 3.48. The van der Waals surface area contributed by atoms with Gasteiger partial charge >= 0.3 is 0 Å². The Kier molecular flexibility index (Phi) is 11.4. The van der Waals surface area contributed by atoms with Crippen LogP contribution in [-0.2, 0) is 0 Å². The van der Waals surface area contributed by atoms with Crippen molar-refractivity contribution in [1.82, 2.24) is 19.9 Å². The Hall–Kier alpha value is -7.65. The van der Waals surface area contributed by atoms with E-state index in [0.717, 1.165) is 75.6 Å². The Balaban J connectivity index is 1.31. The van der Waals surface area contributed by atoms with E-state index in [1.807, 2.05) is 24.3 Å². The molecular weight excluding hydrogens is 1050 g/mol. The van der Waals surface area contributed by atoms with Crippen molar-refractivity contribution in [2.45, 2.75) is 11.0 Å². The monoisotopic (exact) mass is 1080 g/mol. The molecule has 0 atom stereocenters. The van der Waals surface area contributed by atoms with E-state index in [2.05, 4.69) is 19.9 Å². The van der Waals surface area contributed by atoms with Crippen LogP contribution in [0, 0.1) is 108 Å². The van der Waals surface area contributed by atoms with Crippen molar-refractivity contribution < 1.29 is 65.9 Å². The van der Waals surface area contributed by atoms with Gasteiger partial charge in [-0.1, -0.05) is 36.4 Å². The van der Waals surface area contributed by atoms with Gasteiger partial charge in [-0.15, -0.1) is 23.5 Å². The lowest BCUT2D eigenvalue weighted by Gasteiger charge is -2.23. The van der Waals surface area contributed by atoms with Crippen molar-refractivity contribution in [3.8, 4) is 44.5 Å². The molecule has 6 heterocycles. The third-order valence-corrected chi connectivity index (χ3v) is 16.2. The Bertz CT molecular complexity index is 4120. The fourth-order valence-corrected chi connectivity index (χ4v) is 12.8. The number of H-pyrrole nitrogens is 2. The average molecular weight is 1080 g/mol. The predicted molar refractivity (Wildman–Crippen MR) is 254 cm³/mol. The summed E-state index contributed by atoms with van der Waals surface area (Å²) in [7, 11) is 0. The van der Waals surface area contributed by atoms with Gasteiger partial charge in [0.25, 0.3) is 0 Å². The van der Waals surface area contributed by atoms with Gasteiger partial charge in [-0.3, -0.25) is 0 Å². The Labute approximate surface area is 418 Å². The van der Waals surface area contributed by atoms with E-state index in [1.54, 1.807) is 35.7 Å². The van der Waals surface area contributed by atoms with Crippen molar-refractivity contribution in [2.24, 2.45) is 0 Å². The van der Waals surface area contributed by atoms with E-state index in [4.69, 9.17) is 0 Å². The first kappa shape index (κ1) is 48.3. The van der Waals surface area contributed by atoms with Crippen LogP contribution in [0.4, 0.5) is 65.9 Å². The third-order valence-electron chi connectivity index (χ3n) is 13.2. The van der Waals surface area contributed by atoms with E-state index < -0.39 is 154 Å². The van der Waals surface area contributed by atoms with Crippen LogP contribution in [0.25, 0.3) is 90.9 Å². The molecule has 0 amide bonds. The van der Waals surface area contributed by atoms with Crippen molar-refractivity contribution >= 4 is 69.9 Å². The minimum atomic E-state index is -2.61. The standard InChI is InChI=1S/C54H23F15N4S2/c55-39-36(40(56)46(62)51(67)45(39)61)33-24-10-8-22(70-24)32(20-6-1-4-18-19-5-2-7-21(31(19)30(18)20)54-74-16-3-17-75-54)23-9-11-25(71-23)34(37-41(57)47(63)52(68)48(64)42(37)58)27-13-15-29(73-27)35(28-14-12-26(33)72-28)38-43(59)49(65)53(69)50(66)44(38)60/h1-2,4-15,54,70-71H,3,16-17H2. The van der Waals surface area contributed by atoms with Crippen LogP contribution in [0.5, 0.6) is 0 Å². The molecule has 0 spiro atoms. The highest BCUT2D eigenvalue weighted by atomic mass is 32.2. The zero-order chi connectivity index (χ0) is 52.6. The van der Waals surface area contributed by atoms with E-state index >= 15 is 52.7 Å². The van der Waals surface area contributed by atoms with Crippen molar-refractivity contribution in [2.75, 3.05) is 11.5 Å². The summed E-state index contributed by atoms with van der Waals surface area (Å²) in [5, 5.41) is 3.17. The average Bonchev–Trinajstić information content (AvgIpc) is 4.29. The number of hydrogen-bond donors (Lipinski definition) is 2. The van der Waals surface area contributed by atoms with Crippen LogP contribution in [0.1, 0.15) is 39.3 Å². The number of halogens is 15. The summed E-state index contributed by atoms with van der Waals surface area (Å²) in [6, 6.07) is 16.1. The molecule has 376 valence electrons. The minimum Gasteiger partial charge on any atom is -0.354 e. The summed E-state index contributed by atoms with van der Waals surface area (Å²) in [6.07, 6.45) is 4.34. The number of hydrogen-bond acceptors (Lipinski definition) is 4. The summed E-state index contributed by atoms with van der Waals surface area (Å²) in [4.78, 5) is 14.4. The van der Waals surface area contributed by atoms with Gasteiger partial charge in [-0.05, 0) is 98.5 Å². The molecule has 3 aromatic heterocycles. The number of aromatic amines is 2. The molecule has 8 bridgehead atoms. The molecule has 21 heteroatoms. The van der Waals surface area contributed by atoms with Crippen molar-refractivity contribution in [3.63, 3.8) is 0 Å². The van der Waals surface area contributed by atoms with E-state index in [1.165, 1.54) is 12.1 Å². The van der Waals surface area contributed by atoms with Crippen LogP contribution in [-0.4, -0.2) is 31.4 Å². The van der Waals surface area contributed by atoms with Crippen molar-refractivity contribution in [1.29, 1.82) is 0 Å². The number of rotatable bonds is 5. The Morgan fingerprint density at radius 2 is 0.680 bits per heavy atom. The summed E-state index contributed by atoms with van der Waals surface area (Å²) < 4.78 is 232. The fraction of sp³-hybridized carbons (Fsp3) is 0.0741.